The van der Waals surface area contributed by atoms with Gasteiger partial charge < -0.3 is 0 Å². The van der Waals surface area contributed by atoms with Gasteiger partial charge in [-0.1, -0.05) is 55.0 Å². The molecule has 1 aliphatic rings. The zero-order chi connectivity index (χ0) is 9.19. The Morgan fingerprint density at radius 3 is 1.46 bits per heavy atom. The lowest BCUT2D eigenvalue weighted by Crippen LogP contribution is -1.74. The minimum Gasteiger partial charge on any atom is -0.0845 e. The van der Waals surface area contributed by atoms with Crippen LogP contribution in [-0.2, 0) is 0 Å². The predicted octanol–water partition coefficient (Wildman–Crippen LogP) is 4.18. The highest BCUT2D eigenvalue weighted by Gasteiger charge is 1.85. The SMILES string of the molecule is C1=C\C=C\CCCCC/C=C/C=C/1. The Kier molecular flexibility index (Phi) is 5.87. The molecule has 0 bridgehead atoms. The minimum absolute atomic E-state index is 1.22. The van der Waals surface area contributed by atoms with E-state index in [1.54, 1.807) is 0 Å². The van der Waals surface area contributed by atoms with Crippen LogP contribution < -0.4 is 0 Å². The van der Waals surface area contributed by atoms with Crippen LogP contribution in [0.15, 0.2) is 48.6 Å². The van der Waals surface area contributed by atoms with Crippen LogP contribution in [0.1, 0.15) is 32.1 Å². The third kappa shape index (κ3) is 6.15. The monoisotopic (exact) mass is 174 g/mol. The van der Waals surface area contributed by atoms with Crippen molar-refractivity contribution in [1.29, 1.82) is 0 Å². The molecule has 1 aliphatic carbocycles. The molecule has 0 spiro atoms. The summed E-state index contributed by atoms with van der Waals surface area (Å²) in [6, 6.07) is 0. The molecule has 13 heavy (non-hydrogen) atoms. The van der Waals surface area contributed by atoms with Gasteiger partial charge in [0.05, 0.1) is 0 Å². The molecule has 0 unspecified atom stereocenters. The molecule has 0 fully saturated rings. The number of hydrogen-bond donors (Lipinski definition) is 0. The average molecular weight is 174 g/mol. The molecule has 70 valence electrons. The van der Waals surface area contributed by atoms with Crippen LogP contribution in [0.3, 0.4) is 0 Å². The minimum atomic E-state index is 1.22. The Hall–Kier alpha value is -1.04. The molecule has 0 aromatic heterocycles. The van der Waals surface area contributed by atoms with Crippen molar-refractivity contribution in [3.63, 3.8) is 0 Å². The molecule has 0 aromatic carbocycles. The van der Waals surface area contributed by atoms with Gasteiger partial charge in [-0.25, -0.2) is 0 Å². The van der Waals surface area contributed by atoms with Gasteiger partial charge in [0.1, 0.15) is 0 Å². The first-order valence-corrected chi connectivity index (χ1v) is 5.15. The Bertz CT molecular complexity index is 192. The zero-order valence-electron chi connectivity index (χ0n) is 8.15. The molecule has 0 nitrogen and oxygen atoms in total. The van der Waals surface area contributed by atoms with E-state index in [0.717, 1.165) is 0 Å². The molecular weight excluding hydrogens is 156 g/mol. The van der Waals surface area contributed by atoms with Crippen LogP contribution in [0, 0.1) is 0 Å². The first kappa shape index (κ1) is 10.0. The topological polar surface area (TPSA) is 0 Å². The van der Waals surface area contributed by atoms with Crippen molar-refractivity contribution in [1.82, 2.24) is 0 Å². The van der Waals surface area contributed by atoms with Gasteiger partial charge in [0.2, 0.25) is 0 Å². The maximum absolute atomic E-state index is 2.25. The Morgan fingerprint density at radius 1 is 0.462 bits per heavy atom. The van der Waals surface area contributed by atoms with Crippen molar-refractivity contribution < 1.29 is 0 Å². The summed E-state index contributed by atoms with van der Waals surface area (Å²) in [5.74, 6) is 0. The summed E-state index contributed by atoms with van der Waals surface area (Å²) in [5.41, 5.74) is 0. The summed E-state index contributed by atoms with van der Waals surface area (Å²) in [7, 11) is 0. The molecule has 0 atom stereocenters. The summed E-state index contributed by atoms with van der Waals surface area (Å²) in [6.45, 7) is 0. The summed E-state index contributed by atoms with van der Waals surface area (Å²) in [5, 5.41) is 0. The lowest BCUT2D eigenvalue weighted by molar-refractivity contribution is 0.696. The molecule has 0 heteroatoms. The Balaban J connectivity index is 2.39. The average Bonchev–Trinajstić information content (AvgIpc) is 2.18. The second-order valence-corrected chi connectivity index (χ2v) is 3.26. The van der Waals surface area contributed by atoms with Crippen molar-refractivity contribution >= 4 is 0 Å². The van der Waals surface area contributed by atoms with Crippen molar-refractivity contribution in [2.24, 2.45) is 0 Å². The van der Waals surface area contributed by atoms with E-state index < -0.39 is 0 Å². The number of rotatable bonds is 0. The van der Waals surface area contributed by atoms with Gasteiger partial charge in [-0.05, 0) is 25.7 Å². The van der Waals surface area contributed by atoms with Gasteiger partial charge in [0.25, 0.3) is 0 Å². The van der Waals surface area contributed by atoms with Crippen molar-refractivity contribution in [3.05, 3.63) is 48.6 Å². The van der Waals surface area contributed by atoms with E-state index in [0.29, 0.717) is 0 Å². The van der Waals surface area contributed by atoms with Crippen molar-refractivity contribution in [2.75, 3.05) is 0 Å². The van der Waals surface area contributed by atoms with E-state index in [9.17, 15) is 0 Å². The van der Waals surface area contributed by atoms with Crippen molar-refractivity contribution in [2.45, 2.75) is 32.1 Å². The van der Waals surface area contributed by atoms with Gasteiger partial charge in [-0.2, -0.15) is 0 Å². The maximum atomic E-state index is 2.25. The van der Waals surface area contributed by atoms with E-state index in [1.165, 1.54) is 32.1 Å². The molecule has 0 amide bonds. The van der Waals surface area contributed by atoms with E-state index in [2.05, 4.69) is 48.6 Å². The van der Waals surface area contributed by atoms with Crippen LogP contribution in [0.25, 0.3) is 0 Å². The fraction of sp³-hybridized carbons (Fsp3) is 0.385. The maximum Gasteiger partial charge on any atom is -0.0348 e. The zero-order valence-corrected chi connectivity index (χ0v) is 8.15. The van der Waals surface area contributed by atoms with Crippen molar-refractivity contribution in [3.8, 4) is 0 Å². The lowest BCUT2D eigenvalue weighted by Gasteiger charge is -1.93. The smallest absolute Gasteiger partial charge is 0.0348 e. The molecule has 0 saturated heterocycles. The molecule has 1 rings (SSSR count). The van der Waals surface area contributed by atoms with Crippen LogP contribution in [0.5, 0.6) is 0 Å². The fourth-order valence-corrected chi connectivity index (χ4v) is 1.31. The summed E-state index contributed by atoms with van der Waals surface area (Å²) in [4.78, 5) is 0. The fourth-order valence-electron chi connectivity index (χ4n) is 1.31. The standard InChI is InChI=1S/C13H18/c1-2-4-6-8-10-12-13-11-9-7-5-3-1/h1-8H,9-13H2/b3-1-,4-2+,7-5+,8-6+. The highest BCUT2D eigenvalue weighted by atomic mass is 13.9. The molecular formula is C13H18. The highest BCUT2D eigenvalue weighted by molar-refractivity contribution is 5.15. The van der Waals surface area contributed by atoms with Gasteiger partial charge in [-0.3, -0.25) is 0 Å². The van der Waals surface area contributed by atoms with Gasteiger partial charge in [0.15, 0.2) is 0 Å². The third-order valence-corrected chi connectivity index (χ3v) is 2.07. The second kappa shape index (κ2) is 7.60. The largest absolute Gasteiger partial charge is 0.0845 e. The molecule has 0 aromatic rings. The van der Waals surface area contributed by atoms with Crippen LogP contribution in [-0.4, -0.2) is 0 Å². The summed E-state index contributed by atoms with van der Waals surface area (Å²) >= 11 is 0. The molecule has 0 N–H and O–H groups in total. The normalized spacial score (nSPS) is 28.9. The van der Waals surface area contributed by atoms with Crippen LogP contribution in [0.4, 0.5) is 0 Å². The first-order chi connectivity index (χ1) is 6.50. The lowest BCUT2D eigenvalue weighted by atomic mass is 10.1. The van der Waals surface area contributed by atoms with E-state index in [-0.39, 0.29) is 0 Å². The first-order valence-electron chi connectivity index (χ1n) is 5.15. The number of hydrogen-bond acceptors (Lipinski definition) is 0. The highest BCUT2D eigenvalue weighted by Crippen LogP contribution is 2.04. The summed E-state index contributed by atoms with van der Waals surface area (Å²) < 4.78 is 0. The quantitative estimate of drug-likeness (QED) is 0.517. The predicted molar refractivity (Wildman–Crippen MR) is 59.6 cm³/mol. The van der Waals surface area contributed by atoms with Crippen LogP contribution in [0.2, 0.25) is 0 Å². The third-order valence-electron chi connectivity index (χ3n) is 2.07. The molecule has 0 radical (unpaired) electrons. The Labute approximate surface area is 81.4 Å². The summed E-state index contributed by atoms with van der Waals surface area (Å²) in [6.07, 6.45) is 23.5. The number of allylic oxidation sites excluding steroid dienone is 8. The molecule has 0 aliphatic heterocycles. The Morgan fingerprint density at radius 2 is 0.923 bits per heavy atom. The van der Waals surface area contributed by atoms with Gasteiger partial charge in [-0.15, -0.1) is 0 Å². The second-order valence-electron chi connectivity index (χ2n) is 3.26. The van der Waals surface area contributed by atoms with Gasteiger partial charge in [0, 0.05) is 0 Å². The van der Waals surface area contributed by atoms with Gasteiger partial charge >= 0.3 is 0 Å². The van der Waals surface area contributed by atoms with Crippen LogP contribution >= 0.6 is 0 Å². The van der Waals surface area contributed by atoms with E-state index in [1.807, 2.05) is 0 Å². The molecule has 0 saturated carbocycles. The van der Waals surface area contributed by atoms with E-state index >= 15 is 0 Å². The molecule has 0 heterocycles. The van der Waals surface area contributed by atoms with E-state index in [4.69, 9.17) is 0 Å².